The second-order valence-electron chi connectivity index (χ2n) is 3.62. The lowest BCUT2D eigenvalue weighted by atomic mass is 10.2. The van der Waals surface area contributed by atoms with Crippen molar-refractivity contribution in [1.29, 1.82) is 0 Å². The molecule has 2 heteroatoms. The lowest BCUT2D eigenvalue weighted by molar-refractivity contribution is 0.289. The summed E-state index contributed by atoms with van der Waals surface area (Å²) in [5, 5.41) is 9.30. The van der Waals surface area contributed by atoms with E-state index in [1.807, 2.05) is 11.8 Å². The lowest BCUT2D eigenvalue weighted by Crippen LogP contribution is -1.99. The van der Waals surface area contributed by atoms with Gasteiger partial charge in [-0.05, 0) is 18.9 Å². The third kappa shape index (κ3) is 4.16. The SMILES string of the molecule is Cc1ccc(CSC(C)CCO)cc1. The Bertz CT molecular complexity index is 256. The number of aliphatic hydroxyl groups is 1. The van der Waals surface area contributed by atoms with Crippen molar-refractivity contribution >= 4 is 11.8 Å². The first-order valence-corrected chi connectivity index (χ1v) is 6.05. The Kier molecular flexibility index (Phi) is 5.05. The van der Waals surface area contributed by atoms with Crippen molar-refractivity contribution in [3.05, 3.63) is 35.4 Å². The Labute approximate surface area is 90.5 Å². The van der Waals surface area contributed by atoms with Crippen LogP contribution in [0.5, 0.6) is 0 Å². The maximum Gasteiger partial charge on any atom is 0.0441 e. The standard InChI is InChI=1S/C12H18OS/c1-10-3-5-12(6-4-10)9-14-11(2)7-8-13/h3-6,11,13H,7-9H2,1-2H3. The molecule has 0 spiro atoms. The van der Waals surface area contributed by atoms with Gasteiger partial charge in [-0.3, -0.25) is 0 Å². The van der Waals surface area contributed by atoms with E-state index >= 15 is 0 Å². The van der Waals surface area contributed by atoms with Crippen molar-refractivity contribution in [2.75, 3.05) is 6.61 Å². The molecule has 1 atom stereocenters. The fourth-order valence-electron chi connectivity index (χ4n) is 1.19. The van der Waals surface area contributed by atoms with Gasteiger partial charge in [0.1, 0.15) is 0 Å². The Morgan fingerprint density at radius 1 is 1.29 bits per heavy atom. The number of thioether (sulfide) groups is 1. The van der Waals surface area contributed by atoms with Crippen LogP contribution in [0.2, 0.25) is 0 Å². The summed E-state index contributed by atoms with van der Waals surface area (Å²) in [6.45, 7) is 4.56. The number of hydrogen-bond acceptors (Lipinski definition) is 2. The molecule has 1 rings (SSSR count). The monoisotopic (exact) mass is 210 g/mol. The van der Waals surface area contributed by atoms with Crippen LogP contribution in [0.4, 0.5) is 0 Å². The molecule has 1 aromatic carbocycles. The van der Waals surface area contributed by atoms with E-state index in [-0.39, 0.29) is 0 Å². The van der Waals surface area contributed by atoms with Crippen molar-refractivity contribution in [2.45, 2.75) is 31.3 Å². The van der Waals surface area contributed by atoms with Crippen LogP contribution >= 0.6 is 11.8 Å². The number of rotatable bonds is 5. The number of aryl methyl sites for hydroxylation is 1. The summed E-state index contributed by atoms with van der Waals surface area (Å²) in [7, 11) is 0. The minimum absolute atomic E-state index is 0.294. The molecule has 0 saturated heterocycles. The first-order valence-electron chi connectivity index (χ1n) is 5.00. The van der Waals surface area contributed by atoms with Crippen molar-refractivity contribution < 1.29 is 5.11 Å². The molecule has 0 fully saturated rings. The minimum atomic E-state index is 0.294. The highest BCUT2D eigenvalue weighted by atomic mass is 32.2. The average Bonchev–Trinajstić information content (AvgIpc) is 2.17. The van der Waals surface area contributed by atoms with Gasteiger partial charge in [0.25, 0.3) is 0 Å². The van der Waals surface area contributed by atoms with Gasteiger partial charge in [-0.15, -0.1) is 0 Å². The molecule has 0 aromatic heterocycles. The van der Waals surface area contributed by atoms with E-state index in [0.717, 1.165) is 12.2 Å². The normalized spacial score (nSPS) is 12.8. The largest absolute Gasteiger partial charge is 0.396 e. The molecule has 0 aliphatic carbocycles. The van der Waals surface area contributed by atoms with Gasteiger partial charge in [-0.25, -0.2) is 0 Å². The quantitative estimate of drug-likeness (QED) is 0.806. The molecule has 1 aromatic rings. The molecular formula is C12H18OS. The van der Waals surface area contributed by atoms with Crippen LogP contribution in [0.25, 0.3) is 0 Å². The van der Waals surface area contributed by atoms with E-state index in [1.54, 1.807) is 0 Å². The Balaban J connectivity index is 2.34. The highest BCUT2D eigenvalue weighted by Gasteiger charge is 2.01. The third-order valence-corrected chi connectivity index (χ3v) is 3.50. The number of hydrogen-bond donors (Lipinski definition) is 1. The summed E-state index contributed by atoms with van der Waals surface area (Å²) in [5.41, 5.74) is 2.67. The predicted octanol–water partition coefficient (Wildman–Crippen LogP) is 3.00. The molecule has 0 saturated carbocycles. The summed E-state index contributed by atoms with van der Waals surface area (Å²) in [6.07, 6.45) is 0.885. The maximum atomic E-state index is 8.76. The summed E-state index contributed by atoms with van der Waals surface area (Å²) < 4.78 is 0. The van der Waals surface area contributed by atoms with Crippen LogP contribution in [0, 0.1) is 6.92 Å². The van der Waals surface area contributed by atoms with Gasteiger partial charge in [-0.2, -0.15) is 11.8 Å². The van der Waals surface area contributed by atoms with Crippen LogP contribution in [0.3, 0.4) is 0 Å². The molecule has 1 N–H and O–H groups in total. The van der Waals surface area contributed by atoms with Crippen LogP contribution in [-0.2, 0) is 5.75 Å². The van der Waals surface area contributed by atoms with Crippen LogP contribution in [0.1, 0.15) is 24.5 Å². The Hall–Kier alpha value is -0.470. The summed E-state index contributed by atoms with van der Waals surface area (Å²) in [6, 6.07) is 8.64. The smallest absolute Gasteiger partial charge is 0.0441 e. The number of aliphatic hydroxyl groups excluding tert-OH is 1. The molecule has 0 aliphatic heterocycles. The van der Waals surface area contributed by atoms with Gasteiger partial charge in [0, 0.05) is 17.6 Å². The second kappa shape index (κ2) is 6.10. The van der Waals surface area contributed by atoms with Gasteiger partial charge < -0.3 is 5.11 Å². The third-order valence-electron chi connectivity index (χ3n) is 2.19. The van der Waals surface area contributed by atoms with Crippen molar-refractivity contribution in [2.24, 2.45) is 0 Å². The predicted molar refractivity (Wildman–Crippen MR) is 63.6 cm³/mol. The first kappa shape index (κ1) is 11.6. The molecule has 0 heterocycles. The van der Waals surface area contributed by atoms with Crippen molar-refractivity contribution in [3.8, 4) is 0 Å². The summed E-state index contributed by atoms with van der Waals surface area (Å²) >= 11 is 1.90. The molecule has 0 bridgehead atoms. The van der Waals surface area contributed by atoms with Crippen molar-refractivity contribution in [3.63, 3.8) is 0 Å². The summed E-state index contributed by atoms with van der Waals surface area (Å²) in [5.74, 6) is 1.04. The molecule has 78 valence electrons. The highest BCUT2D eigenvalue weighted by molar-refractivity contribution is 7.99. The van der Waals surface area contributed by atoms with E-state index in [2.05, 4.69) is 38.1 Å². The van der Waals surface area contributed by atoms with Gasteiger partial charge in [0.05, 0.1) is 0 Å². The van der Waals surface area contributed by atoms with Crippen LogP contribution in [-0.4, -0.2) is 17.0 Å². The number of benzene rings is 1. The molecule has 0 radical (unpaired) electrons. The first-order chi connectivity index (χ1) is 6.72. The second-order valence-corrected chi connectivity index (χ2v) is 5.05. The van der Waals surface area contributed by atoms with E-state index in [1.165, 1.54) is 11.1 Å². The van der Waals surface area contributed by atoms with E-state index < -0.39 is 0 Å². The summed E-state index contributed by atoms with van der Waals surface area (Å²) in [4.78, 5) is 0. The zero-order valence-electron chi connectivity index (χ0n) is 8.86. The van der Waals surface area contributed by atoms with Crippen LogP contribution in [0.15, 0.2) is 24.3 Å². The van der Waals surface area contributed by atoms with E-state index in [4.69, 9.17) is 5.11 Å². The Morgan fingerprint density at radius 2 is 1.93 bits per heavy atom. The molecule has 1 nitrogen and oxygen atoms in total. The minimum Gasteiger partial charge on any atom is -0.396 e. The highest BCUT2D eigenvalue weighted by Crippen LogP contribution is 2.19. The zero-order chi connectivity index (χ0) is 10.4. The van der Waals surface area contributed by atoms with Gasteiger partial charge in [0.15, 0.2) is 0 Å². The van der Waals surface area contributed by atoms with Crippen molar-refractivity contribution in [1.82, 2.24) is 0 Å². The van der Waals surface area contributed by atoms with Gasteiger partial charge in [-0.1, -0.05) is 36.8 Å². The lowest BCUT2D eigenvalue weighted by Gasteiger charge is -2.09. The fourth-order valence-corrected chi connectivity index (χ4v) is 2.13. The maximum absolute atomic E-state index is 8.76. The van der Waals surface area contributed by atoms with Gasteiger partial charge >= 0.3 is 0 Å². The van der Waals surface area contributed by atoms with E-state index in [9.17, 15) is 0 Å². The molecular weight excluding hydrogens is 192 g/mol. The van der Waals surface area contributed by atoms with Gasteiger partial charge in [0.2, 0.25) is 0 Å². The van der Waals surface area contributed by atoms with E-state index in [0.29, 0.717) is 11.9 Å². The van der Waals surface area contributed by atoms with Crippen LogP contribution < -0.4 is 0 Å². The zero-order valence-corrected chi connectivity index (χ0v) is 9.68. The topological polar surface area (TPSA) is 20.2 Å². The molecule has 0 aliphatic rings. The molecule has 0 amide bonds. The fraction of sp³-hybridized carbons (Fsp3) is 0.500. The molecule has 1 unspecified atom stereocenters. The molecule has 14 heavy (non-hydrogen) atoms. The Morgan fingerprint density at radius 3 is 2.50 bits per heavy atom. The average molecular weight is 210 g/mol.